The molecule has 0 radical (unpaired) electrons. The number of hydrogen-bond donors (Lipinski definition) is 0. The molecule has 2 nitrogen and oxygen atoms in total. The predicted molar refractivity (Wildman–Crippen MR) is 59.7 cm³/mol. The second-order valence-corrected chi connectivity index (χ2v) is 5.85. The Hall–Kier alpha value is 0.240. The second-order valence-electron chi connectivity index (χ2n) is 2.95. The highest BCUT2D eigenvalue weighted by Crippen LogP contribution is 2.02. The average molecular weight is 229 g/mol. The van der Waals surface area contributed by atoms with Crippen molar-refractivity contribution in [2.45, 2.75) is 52.9 Å². The van der Waals surface area contributed by atoms with Gasteiger partial charge < -0.3 is 0 Å². The normalized spacial score (nSPS) is 10.5. The zero-order valence-electron chi connectivity index (χ0n) is 8.85. The van der Waals surface area contributed by atoms with E-state index in [1.165, 1.54) is 12.8 Å². The molecule has 82 valence electrons. The molecule has 0 fully saturated rings. The molecule has 0 saturated heterocycles. The number of unbranched alkanes of at least 4 members (excludes halogenated alkanes) is 3. The number of halogens is 1. The Morgan fingerprint density at radius 3 is 1.62 bits per heavy atom. The first-order valence-corrected chi connectivity index (χ1v) is 7.38. The van der Waals surface area contributed by atoms with Gasteiger partial charge in [-0.05, 0) is 6.42 Å². The lowest BCUT2D eigenvalue weighted by molar-refractivity contribution is 0.604. The van der Waals surface area contributed by atoms with Gasteiger partial charge >= 0.3 is 0 Å². The maximum absolute atomic E-state index is 10.3. The molecular weight excluding hydrogens is 208 g/mol. The van der Waals surface area contributed by atoms with Crippen LogP contribution in [0.3, 0.4) is 0 Å². The van der Waals surface area contributed by atoms with E-state index in [-0.39, 0.29) is 5.75 Å². The van der Waals surface area contributed by atoms with Crippen LogP contribution in [0.4, 0.5) is 0 Å². The van der Waals surface area contributed by atoms with Gasteiger partial charge in [-0.3, -0.25) is 0 Å². The summed E-state index contributed by atoms with van der Waals surface area (Å²) in [6.45, 7) is 6.38. The van der Waals surface area contributed by atoms with Crippen LogP contribution >= 0.6 is 10.7 Å². The monoisotopic (exact) mass is 228 g/mol. The fourth-order valence-electron chi connectivity index (χ4n) is 0.524. The standard InChI is InChI=1S/C5H11ClO2S.C4H10/c1-2-3-4-5-9(6,7)8;1-3-4-2/h2-5H2,1H3;3-4H2,1-2H3. The molecule has 0 amide bonds. The molecule has 0 aromatic rings. The summed E-state index contributed by atoms with van der Waals surface area (Å²) in [5, 5.41) is 0. The van der Waals surface area contributed by atoms with E-state index in [1.807, 2.05) is 6.92 Å². The summed E-state index contributed by atoms with van der Waals surface area (Å²) in [4.78, 5) is 0. The minimum atomic E-state index is -3.22. The third-order valence-corrected chi connectivity index (χ3v) is 2.73. The van der Waals surface area contributed by atoms with Crippen molar-refractivity contribution in [3.05, 3.63) is 0 Å². The first-order chi connectivity index (χ1) is 5.97. The molecule has 0 bridgehead atoms. The van der Waals surface area contributed by atoms with Crippen LogP contribution in [0.25, 0.3) is 0 Å². The van der Waals surface area contributed by atoms with Gasteiger partial charge in [-0.2, -0.15) is 0 Å². The molecular formula is C9H21ClO2S. The van der Waals surface area contributed by atoms with Crippen LogP contribution in [-0.2, 0) is 9.05 Å². The molecule has 13 heavy (non-hydrogen) atoms. The van der Waals surface area contributed by atoms with E-state index in [9.17, 15) is 8.42 Å². The SMILES string of the molecule is CCCC.CCCCCS(=O)(=O)Cl. The zero-order valence-corrected chi connectivity index (χ0v) is 10.4. The predicted octanol–water partition coefficient (Wildman–Crippen LogP) is 3.55. The molecule has 0 spiro atoms. The highest BCUT2D eigenvalue weighted by molar-refractivity contribution is 8.13. The minimum absolute atomic E-state index is 0.113. The van der Waals surface area contributed by atoms with Gasteiger partial charge in [-0.1, -0.05) is 46.5 Å². The average Bonchev–Trinajstić information content (AvgIpc) is 2.03. The minimum Gasteiger partial charge on any atom is -0.212 e. The van der Waals surface area contributed by atoms with Gasteiger partial charge in [0, 0.05) is 10.7 Å². The summed E-state index contributed by atoms with van der Waals surface area (Å²) in [6.07, 6.45) is 5.28. The van der Waals surface area contributed by atoms with Crippen molar-refractivity contribution in [1.29, 1.82) is 0 Å². The van der Waals surface area contributed by atoms with Crippen molar-refractivity contribution in [2.75, 3.05) is 5.75 Å². The molecule has 0 N–H and O–H groups in total. The van der Waals surface area contributed by atoms with E-state index in [1.54, 1.807) is 0 Å². The topological polar surface area (TPSA) is 34.1 Å². The van der Waals surface area contributed by atoms with E-state index < -0.39 is 9.05 Å². The van der Waals surface area contributed by atoms with Crippen LogP contribution in [0, 0.1) is 0 Å². The van der Waals surface area contributed by atoms with Crippen LogP contribution in [0.2, 0.25) is 0 Å². The van der Waals surface area contributed by atoms with Gasteiger partial charge in [0.15, 0.2) is 0 Å². The van der Waals surface area contributed by atoms with Crippen LogP contribution in [0.1, 0.15) is 52.9 Å². The quantitative estimate of drug-likeness (QED) is 0.533. The van der Waals surface area contributed by atoms with Crippen molar-refractivity contribution in [1.82, 2.24) is 0 Å². The molecule has 0 rings (SSSR count). The van der Waals surface area contributed by atoms with Gasteiger partial charge in [0.2, 0.25) is 9.05 Å². The van der Waals surface area contributed by atoms with Crippen LogP contribution in [0.15, 0.2) is 0 Å². The Bertz CT molecular complexity index is 174. The largest absolute Gasteiger partial charge is 0.232 e. The maximum Gasteiger partial charge on any atom is 0.232 e. The molecule has 4 heteroatoms. The van der Waals surface area contributed by atoms with Crippen LogP contribution in [0.5, 0.6) is 0 Å². The van der Waals surface area contributed by atoms with Crippen LogP contribution < -0.4 is 0 Å². The summed E-state index contributed by atoms with van der Waals surface area (Å²) >= 11 is 0. The Labute approximate surface area is 87.1 Å². The summed E-state index contributed by atoms with van der Waals surface area (Å²) < 4.78 is 20.5. The van der Waals surface area contributed by atoms with E-state index >= 15 is 0 Å². The first-order valence-electron chi connectivity index (χ1n) is 4.90. The van der Waals surface area contributed by atoms with Crippen molar-refractivity contribution >= 4 is 19.7 Å². The van der Waals surface area contributed by atoms with E-state index in [2.05, 4.69) is 13.8 Å². The smallest absolute Gasteiger partial charge is 0.212 e. The lowest BCUT2D eigenvalue weighted by atomic mass is 10.3. The van der Waals surface area contributed by atoms with E-state index in [0.717, 1.165) is 12.8 Å². The molecule has 0 aromatic heterocycles. The summed E-state index contributed by atoms with van der Waals surface area (Å²) in [5.41, 5.74) is 0. The molecule has 0 unspecified atom stereocenters. The van der Waals surface area contributed by atoms with E-state index in [4.69, 9.17) is 10.7 Å². The van der Waals surface area contributed by atoms with Gasteiger partial charge in [-0.15, -0.1) is 0 Å². The van der Waals surface area contributed by atoms with Crippen LogP contribution in [-0.4, -0.2) is 14.2 Å². The van der Waals surface area contributed by atoms with Crippen molar-refractivity contribution < 1.29 is 8.42 Å². The fraction of sp³-hybridized carbons (Fsp3) is 1.00. The van der Waals surface area contributed by atoms with Gasteiger partial charge in [0.1, 0.15) is 0 Å². The number of rotatable bonds is 5. The van der Waals surface area contributed by atoms with Gasteiger partial charge in [-0.25, -0.2) is 8.42 Å². The molecule has 0 atom stereocenters. The molecule has 0 aromatic carbocycles. The lowest BCUT2D eigenvalue weighted by Gasteiger charge is -1.92. The highest BCUT2D eigenvalue weighted by atomic mass is 35.7. The van der Waals surface area contributed by atoms with E-state index in [0.29, 0.717) is 6.42 Å². The Kier molecular flexibility index (Phi) is 12.5. The third-order valence-electron chi connectivity index (χ3n) is 1.49. The van der Waals surface area contributed by atoms with Gasteiger partial charge in [0.25, 0.3) is 0 Å². The zero-order chi connectivity index (χ0) is 10.7. The van der Waals surface area contributed by atoms with Crippen molar-refractivity contribution in [2.24, 2.45) is 0 Å². The second kappa shape index (κ2) is 10.3. The fourth-order valence-corrected chi connectivity index (χ4v) is 1.40. The lowest BCUT2D eigenvalue weighted by Crippen LogP contribution is -1.95. The Morgan fingerprint density at radius 1 is 0.923 bits per heavy atom. The maximum atomic E-state index is 10.3. The molecule has 0 aliphatic carbocycles. The summed E-state index contributed by atoms with van der Waals surface area (Å²) in [5.74, 6) is 0.113. The molecule has 0 heterocycles. The number of hydrogen-bond acceptors (Lipinski definition) is 2. The first kappa shape index (κ1) is 15.7. The highest BCUT2D eigenvalue weighted by Gasteiger charge is 2.02. The Morgan fingerprint density at radius 2 is 1.38 bits per heavy atom. The molecule has 0 aliphatic heterocycles. The Balaban J connectivity index is 0. The molecule has 0 aliphatic rings. The summed E-state index contributed by atoms with van der Waals surface area (Å²) in [7, 11) is 1.72. The third kappa shape index (κ3) is 24.5. The van der Waals surface area contributed by atoms with Gasteiger partial charge in [0.05, 0.1) is 5.75 Å². The summed E-state index contributed by atoms with van der Waals surface area (Å²) in [6, 6.07) is 0. The van der Waals surface area contributed by atoms with Crippen molar-refractivity contribution in [3.8, 4) is 0 Å². The van der Waals surface area contributed by atoms with Crippen molar-refractivity contribution in [3.63, 3.8) is 0 Å². The molecule has 0 saturated carbocycles.